The van der Waals surface area contributed by atoms with Crippen molar-refractivity contribution in [2.24, 2.45) is 5.73 Å². The number of primary amides is 1. The molecule has 0 spiro atoms. The minimum Gasteiger partial charge on any atom is -0.368 e. The van der Waals surface area contributed by atoms with E-state index in [2.05, 4.69) is 9.55 Å². The van der Waals surface area contributed by atoms with Crippen molar-refractivity contribution in [3.05, 3.63) is 103 Å². The highest BCUT2D eigenvalue weighted by atomic mass is 32.2. The van der Waals surface area contributed by atoms with Gasteiger partial charge in [-0.15, -0.1) is 0 Å². The van der Waals surface area contributed by atoms with Gasteiger partial charge in [0.2, 0.25) is 5.91 Å². The van der Waals surface area contributed by atoms with E-state index in [9.17, 15) is 4.79 Å². The summed E-state index contributed by atoms with van der Waals surface area (Å²) in [6.07, 6.45) is 1.84. The van der Waals surface area contributed by atoms with Crippen LogP contribution in [0.25, 0.3) is 16.9 Å². The molecule has 0 saturated heterocycles. The molecule has 4 nitrogen and oxygen atoms in total. The summed E-state index contributed by atoms with van der Waals surface area (Å²) >= 11 is 1.36. The van der Waals surface area contributed by atoms with Crippen molar-refractivity contribution in [2.45, 2.75) is 10.4 Å². The Morgan fingerprint density at radius 2 is 1.43 bits per heavy atom. The fraction of sp³-hybridized carbons (Fsp3) is 0.0435. The van der Waals surface area contributed by atoms with E-state index in [0.29, 0.717) is 0 Å². The number of nitrogens with zero attached hydrogens (tertiary/aromatic N) is 2. The number of hydrogen-bond acceptors (Lipinski definition) is 3. The first-order chi connectivity index (χ1) is 13.7. The first-order valence-corrected chi connectivity index (χ1v) is 9.81. The zero-order valence-electron chi connectivity index (χ0n) is 15.1. The first-order valence-electron chi connectivity index (χ1n) is 8.93. The number of nitrogens with two attached hydrogens (primary N) is 1. The van der Waals surface area contributed by atoms with Crippen molar-refractivity contribution in [1.82, 2.24) is 9.55 Å². The number of hydrogen-bond donors (Lipinski definition) is 1. The lowest BCUT2D eigenvalue weighted by atomic mass is 10.1. The Balaban J connectivity index is 1.81. The summed E-state index contributed by atoms with van der Waals surface area (Å²) in [5, 5.41) is 0.201. The summed E-state index contributed by atoms with van der Waals surface area (Å²) in [5.41, 5.74) is 9.60. The van der Waals surface area contributed by atoms with Gasteiger partial charge >= 0.3 is 0 Å². The summed E-state index contributed by atoms with van der Waals surface area (Å²) in [6, 6.07) is 29.7. The van der Waals surface area contributed by atoms with E-state index in [1.54, 1.807) is 0 Å². The predicted molar refractivity (Wildman–Crippen MR) is 113 cm³/mol. The quantitative estimate of drug-likeness (QED) is 0.482. The molecule has 0 aliphatic carbocycles. The number of amides is 1. The van der Waals surface area contributed by atoms with Crippen molar-refractivity contribution < 1.29 is 4.79 Å². The third-order valence-electron chi connectivity index (χ3n) is 4.40. The van der Waals surface area contributed by atoms with Crippen LogP contribution in [0.3, 0.4) is 0 Å². The molecule has 0 aliphatic rings. The molecule has 0 radical (unpaired) electrons. The van der Waals surface area contributed by atoms with Crippen LogP contribution in [-0.4, -0.2) is 15.5 Å². The second-order valence-electron chi connectivity index (χ2n) is 6.27. The topological polar surface area (TPSA) is 60.9 Å². The summed E-state index contributed by atoms with van der Waals surface area (Å²) < 4.78 is 2.07. The number of imidazole rings is 1. The van der Waals surface area contributed by atoms with Crippen LogP contribution >= 0.6 is 11.8 Å². The number of para-hydroxylation sites is 1. The van der Waals surface area contributed by atoms with Gasteiger partial charge in [0.15, 0.2) is 5.16 Å². The Kier molecular flexibility index (Phi) is 5.26. The molecule has 3 aromatic carbocycles. The fourth-order valence-corrected chi connectivity index (χ4v) is 4.12. The minimum atomic E-state index is -0.519. The summed E-state index contributed by atoms with van der Waals surface area (Å²) in [5.74, 6) is -0.389. The van der Waals surface area contributed by atoms with Gasteiger partial charge in [0.1, 0.15) is 5.25 Å². The second-order valence-corrected chi connectivity index (χ2v) is 7.35. The molecule has 1 atom stereocenters. The van der Waals surface area contributed by atoms with Crippen LogP contribution in [0.2, 0.25) is 0 Å². The predicted octanol–water partition coefficient (Wildman–Crippen LogP) is 4.86. The smallest absolute Gasteiger partial charge is 0.235 e. The van der Waals surface area contributed by atoms with Gasteiger partial charge in [-0.25, -0.2) is 4.98 Å². The van der Waals surface area contributed by atoms with E-state index < -0.39 is 5.25 Å². The molecule has 4 rings (SSSR count). The van der Waals surface area contributed by atoms with E-state index in [4.69, 9.17) is 5.73 Å². The van der Waals surface area contributed by atoms with Crippen LogP contribution in [0.5, 0.6) is 0 Å². The SMILES string of the molecule is NC(=O)[C@H](Sc1ncc(-c2ccccc2)n1-c1ccccc1)c1ccccc1. The van der Waals surface area contributed by atoms with Crippen LogP contribution in [0.1, 0.15) is 10.8 Å². The Morgan fingerprint density at radius 1 is 0.857 bits per heavy atom. The molecule has 1 aromatic heterocycles. The summed E-state index contributed by atoms with van der Waals surface area (Å²) in [7, 11) is 0. The number of rotatable bonds is 6. The van der Waals surface area contributed by atoms with E-state index in [1.165, 1.54) is 11.8 Å². The van der Waals surface area contributed by atoms with Crippen molar-refractivity contribution in [3.63, 3.8) is 0 Å². The average molecular weight is 385 g/mol. The minimum absolute atomic E-state index is 0.389. The number of carbonyl (C=O) groups is 1. The Labute approximate surface area is 168 Å². The highest BCUT2D eigenvalue weighted by Crippen LogP contribution is 2.37. The first kappa shape index (κ1) is 18.1. The summed E-state index contributed by atoms with van der Waals surface area (Å²) in [4.78, 5) is 16.8. The van der Waals surface area contributed by atoms with Gasteiger partial charge in [0.25, 0.3) is 0 Å². The molecule has 4 aromatic rings. The van der Waals surface area contributed by atoms with Crippen LogP contribution in [0.15, 0.2) is 102 Å². The van der Waals surface area contributed by atoms with Gasteiger partial charge in [-0.3, -0.25) is 9.36 Å². The molecule has 0 unspecified atom stereocenters. The third-order valence-corrected chi connectivity index (χ3v) is 5.64. The van der Waals surface area contributed by atoms with Crippen LogP contribution in [-0.2, 0) is 4.79 Å². The fourth-order valence-electron chi connectivity index (χ4n) is 3.08. The van der Waals surface area contributed by atoms with Gasteiger partial charge in [-0.2, -0.15) is 0 Å². The number of carbonyl (C=O) groups excluding carboxylic acids is 1. The lowest BCUT2D eigenvalue weighted by Crippen LogP contribution is -2.19. The number of benzene rings is 3. The molecule has 0 aliphatic heterocycles. The van der Waals surface area contributed by atoms with Crippen LogP contribution in [0.4, 0.5) is 0 Å². The van der Waals surface area contributed by atoms with Crippen molar-refractivity contribution >= 4 is 17.7 Å². The molecule has 28 heavy (non-hydrogen) atoms. The Hall–Kier alpha value is -3.31. The van der Waals surface area contributed by atoms with Crippen molar-refractivity contribution in [2.75, 3.05) is 0 Å². The molecule has 0 bridgehead atoms. The maximum absolute atomic E-state index is 12.2. The molecule has 1 heterocycles. The van der Waals surface area contributed by atoms with Gasteiger partial charge < -0.3 is 5.73 Å². The van der Waals surface area contributed by atoms with E-state index in [1.807, 2.05) is 97.2 Å². The highest BCUT2D eigenvalue weighted by Gasteiger charge is 2.23. The van der Waals surface area contributed by atoms with E-state index in [0.717, 1.165) is 27.7 Å². The zero-order chi connectivity index (χ0) is 19.3. The maximum atomic E-state index is 12.2. The molecular formula is C23H19N3OS. The molecule has 1 amide bonds. The van der Waals surface area contributed by atoms with E-state index in [-0.39, 0.29) is 5.91 Å². The largest absolute Gasteiger partial charge is 0.368 e. The third kappa shape index (κ3) is 3.70. The molecule has 0 fully saturated rings. The van der Waals surface area contributed by atoms with Gasteiger partial charge in [-0.1, -0.05) is 90.6 Å². The standard InChI is InChI=1S/C23H19N3OS/c24-22(27)21(18-12-6-2-7-13-18)28-23-25-16-20(17-10-4-1-5-11-17)26(23)19-14-8-3-9-15-19/h1-16,21H,(H2,24,27)/t21-/m1/s1. The second kappa shape index (κ2) is 8.15. The molecular weight excluding hydrogens is 366 g/mol. The highest BCUT2D eigenvalue weighted by molar-refractivity contribution is 8.00. The maximum Gasteiger partial charge on any atom is 0.235 e. The van der Waals surface area contributed by atoms with Crippen molar-refractivity contribution in [3.8, 4) is 16.9 Å². The molecule has 2 N–H and O–H groups in total. The van der Waals surface area contributed by atoms with E-state index >= 15 is 0 Å². The molecule has 0 saturated carbocycles. The van der Waals surface area contributed by atoms with Gasteiger partial charge in [0.05, 0.1) is 11.9 Å². The monoisotopic (exact) mass is 385 g/mol. The number of aromatic nitrogens is 2. The summed E-state index contributed by atoms with van der Waals surface area (Å²) in [6.45, 7) is 0. The van der Waals surface area contributed by atoms with Crippen LogP contribution < -0.4 is 5.73 Å². The Bertz CT molecular complexity index is 1060. The van der Waals surface area contributed by atoms with Crippen LogP contribution in [0, 0.1) is 0 Å². The van der Waals surface area contributed by atoms with Gasteiger partial charge in [0, 0.05) is 11.3 Å². The lowest BCUT2D eigenvalue weighted by Gasteiger charge is -2.16. The van der Waals surface area contributed by atoms with Gasteiger partial charge in [-0.05, 0) is 17.7 Å². The Morgan fingerprint density at radius 3 is 2.04 bits per heavy atom. The van der Waals surface area contributed by atoms with Crippen molar-refractivity contribution in [1.29, 1.82) is 0 Å². The zero-order valence-corrected chi connectivity index (χ0v) is 15.9. The average Bonchev–Trinajstić information content (AvgIpc) is 3.17. The number of thioether (sulfide) groups is 1. The normalized spacial score (nSPS) is 11.9. The lowest BCUT2D eigenvalue weighted by molar-refractivity contribution is -0.117. The molecule has 5 heteroatoms. The molecule has 138 valence electrons.